The molecule has 1 aromatic heterocycles. The zero-order valence-corrected chi connectivity index (χ0v) is 19.3. The minimum Gasteiger partial charge on any atom is -0.493 e. The number of carbonyl (C=O) groups is 1. The lowest BCUT2D eigenvalue weighted by Gasteiger charge is -2.33. The number of hydrogen-bond acceptors (Lipinski definition) is 5. The van der Waals surface area contributed by atoms with E-state index in [0.29, 0.717) is 28.3 Å². The van der Waals surface area contributed by atoms with Crippen molar-refractivity contribution in [3.05, 3.63) is 58.6 Å². The van der Waals surface area contributed by atoms with Gasteiger partial charge >= 0.3 is 6.18 Å². The number of alkyl halides is 3. The summed E-state index contributed by atoms with van der Waals surface area (Å²) in [5, 5.41) is 10.0. The number of ether oxygens (including phenoxy) is 2. The van der Waals surface area contributed by atoms with E-state index < -0.39 is 18.3 Å². The Labute approximate surface area is 198 Å². The van der Waals surface area contributed by atoms with Crippen LogP contribution in [0.3, 0.4) is 0 Å². The van der Waals surface area contributed by atoms with Gasteiger partial charge in [-0.2, -0.15) is 18.3 Å². The summed E-state index contributed by atoms with van der Waals surface area (Å²) in [7, 11) is 4.44. The van der Waals surface area contributed by atoms with Crippen LogP contribution >= 0.6 is 11.6 Å². The summed E-state index contributed by atoms with van der Waals surface area (Å²) in [6.45, 7) is 0. The molecule has 0 saturated carbocycles. The highest BCUT2D eigenvalue weighted by Crippen LogP contribution is 2.45. The molecule has 0 radical (unpaired) electrons. The average molecular weight is 495 g/mol. The van der Waals surface area contributed by atoms with E-state index in [1.807, 2.05) is 0 Å². The molecule has 1 aliphatic heterocycles. The standard InChI is InChI=1S/C23H22ClF3N4O3/c1-28-22(32)14-6-4-12(8-15(14)24)17-11-21-29-16(10-20(23(25,26)27)31(21)30-17)13-5-7-18(33-2)19(9-13)34-3/h4-9,11,16,20,29H,10H2,1-3H3,(H,28,32)/t16-,20+/m0/s1. The van der Waals surface area contributed by atoms with Gasteiger partial charge in [-0.25, -0.2) is 4.68 Å². The number of halogens is 4. The highest BCUT2D eigenvalue weighted by Gasteiger charge is 2.46. The van der Waals surface area contributed by atoms with Crippen LogP contribution in [0.4, 0.5) is 19.0 Å². The molecule has 180 valence electrons. The van der Waals surface area contributed by atoms with Gasteiger partial charge in [0.25, 0.3) is 5.91 Å². The number of anilines is 1. The molecule has 2 N–H and O–H groups in total. The molecule has 0 spiro atoms. The van der Waals surface area contributed by atoms with Crippen LogP contribution in [0.1, 0.15) is 34.4 Å². The van der Waals surface area contributed by atoms with Crippen LogP contribution in [0.5, 0.6) is 11.5 Å². The molecule has 1 aliphatic rings. The number of nitrogens with zero attached hydrogens (tertiary/aromatic N) is 2. The fraction of sp³-hybridized carbons (Fsp3) is 0.304. The van der Waals surface area contributed by atoms with E-state index in [4.69, 9.17) is 21.1 Å². The van der Waals surface area contributed by atoms with E-state index in [1.165, 1.54) is 39.5 Å². The Morgan fingerprint density at radius 1 is 1.15 bits per heavy atom. The number of methoxy groups -OCH3 is 2. The van der Waals surface area contributed by atoms with E-state index in [-0.39, 0.29) is 28.7 Å². The maximum Gasteiger partial charge on any atom is 0.410 e. The van der Waals surface area contributed by atoms with Gasteiger partial charge in [0.15, 0.2) is 17.5 Å². The van der Waals surface area contributed by atoms with Crippen molar-refractivity contribution in [2.24, 2.45) is 0 Å². The second kappa shape index (κ2) is 9.09. The number of amides is 1. The number of hydrogen-bond donors (Lipinski definition) is 2. The van der Waals surface area contributed by atoms with Crippen molar-refractivity contribution < 1.29 is 27.4 Å². The van der Waals surface area contributed by atoms with Crippen molar-refractivity contribution in [3.8, 4) is 22.8 Å². The summed E-state index contributed by atoms with van der Waals surface area (Å²) in [6, 6.07) is 8.70. The molecule has 3 aromatic rings. The van der Waals surface area contributed by atoms with Gasteiger partial charge in [-0.15, -0.1) is 0 Å². The summed E-state index contributed by atoms with van der Waals surface area (Å²) in [5.41, 5.74) is 1.68. The second-order valence-electron chi connectivity index (χ2n) is 7.74. The normalized spacial score (nSPS) is 17.5. The first-order valence-corrected chi connectivity index (χ1v) is 10.7. The minimum atomic E-state index is -4.52. The Kier molecular flexibility index (Phi) is 6.35. The number of rotatable bonds is 5. The van der Waals surface area contributed by atoms with Crippen LogP contribution in [0.2, 0.25) is 5.02 Å². The monoisotopic (exact) mass is 494 g/mol. The molecule has 1 amide bonds. The fourth-order valence-corrected chi connectivity index (χ4v) is 4.26. The lowest BCUT2D eigenvalue weighted by molar-refractivity contribution is -0.173. The molecule has 0 unspecified atom stereocenters. The first-order chi connectivity index (χ1) is 16.2. The summed E-state index contributed by atoms with van der Waals surface area (Å²) in [5.74, 6) is 0.766. The Morgan fingerprint density at radius 3 is 2.50 bits per heavy atom. The lowest BCUT2D eigenvalue weighted by Crippen LogP contribution is -2.35. The number of aromatic nitrogens is 2. The largest absolute Gasteiger partial charge is 0.493 e. The quantitative estimate of drug-likeness (QED) is 0.507. The summed E-state index contributed by atoms with van der Waals surface area (Å²) in [6.07, 6.45) is -4.78. The molecule has 34 heavy (non-hydrogen) atoms. The van der Waals surface area contributed by atoms with Crippen LogP contribution in [0.15, 0.2) is 42.5 Å². The maximum atomic E-state index is 14.0. The van der Waals surface area contributed by atoms with Gasteiger partial charge in [-0.1, -0.05) is 23.7 Å². The summed E-state index contributed by atoms with van der Waals surface area (Å²) >= 11 is 6.22. The van der Waals surface area contributed by atoms with Crippen molar-refractivity contribution >= 4 is 23.3 Å². The Morgan fingerprint density at radius 2 is 1.88 bits per heavy atom. The molecule has 0 fully saturated rings. The van der Waals surface area contributed by atoms with Gasteiger partial charge in [0, 0.05) is 25.1 Å². The third-order valence-corrected chi connectivity index (χ3v) is 6.05. The van der Waals surface area contributed by atoms with Crippen LogP contribution < -0.4 is 20.1 Å². The first kappa shape index (κ1) is 23.7. The second-order valence-corrected chi connectivity index (χ2v) is 8.14. The predicted octanol–water partition coefficient (Wildman–Crippen LogP) is 5.24. The molecule has 4 rings (SSSR count). The van der Waals surface area contributed by atoms with E-state index in [1.54, 1.807) is 24.3 Å². The molecule has 2 atom stereocenters. The number of benzene rings is 2. The molecule has 0 bridgehead atoms. The van der Waals surface area contributed by atoms with Crippen molar-refractivity contribution in [2.45, 2.75) is 24.7 Å². The molecule has 2 aromatic carbocycles. The van der Waals surface area contributed by atoms with Crippen LogP contribution in [0.25, 0.3) is 11.3 Å². The van der Waals surface area contributed by atoms with Gasteiger partial charge in [0.2, 0.25) is 0 Å². The highest BCUT2D eigenvalue weighted by atomic mass is 35.5. The third-order valence-electron chi connectivity index (χ3n) is 5.74. The van der Waals surface area contributed by atoms with E-state index in [2.05, 4.69) is 15.7 Å². The Bertz CT molecular complexity index is 1230. The number of carbonyl (C=O) groups excluding carboxylic acids is 1. The molecule has 11 heteroatoms. The average Bonchev–Trinajstić information content (AvgIpc) is 3.25. The third kappa shape index (κ3) is 4.37. The number of nitrogens with one attached hydrogen (secondary N) is 2. The molecule has 7 nitrogen and oxygen atoms in total. The van der Waals surface area contributed by atoms with E-state index in [9.17, 15) is 18.0 Å². The molecule has 2 heterocycles. The molecule has 0 aliphatic carbocycles. The fourth-order valence-electron chi connectivity index (χ4n) is 4.00. The maximum absolute atomic E-state index is 14.0. The van der Waals surface area contributed by atoms with Crippen molar-refractivity contribution in [1.82, 2.24) is 15.1 Å². The Balaban J connectivity index is 1.72. The Hall–Kier alpha value is -3.40. The molecular weight excluding hydrogens is 473 g/mol. The summed E-state index contributed by atoms with van der Waals surface area (Å²) in [4.78, 5) is 11.9. The minimum absolute atomic E-state index is 0.173. The first-order valence-electron chi connectivity index (χ1n) is 10.3. The highest BCUT2D eigenvalue weighted by molar-refractivity contribution is 6.34. The van der Waals surface area contributed by atoms with Crippen LogP contribution in [-0.4, -0.2) is 43.1 Å². The smallest absolute Gasteiger partial charge is 0.410 e. The topological polar surface area (TPSA) is 77.4 Å². The lowest BCUT2D eigenvalue weighted by atomic mass is 9.96. The van der Waals surface area contributed by atoms with Crippen molar-refractivity contribution in [1.29, 1.82) is 0 Å². The SMILES string of the molecule is CNC(=O)c1ccc(-c2cc3n(n2)[C@@H](C(F)(F)F)C[C@@H](c2ccc(OC)c(OC)c2)N3)cc1Cl. The molecular formula is C23H22ClF3N4O3. The van der Waals surface area contributed by atoms with E-state index >= 15 is 0 Å². The van der Waals surface area contributed by atoms with Gasteiger partial charge in [-0.3, -0.25) is 4.79 Å². The predicted molar refractivity (Wildman–Crippen MR) is 122 cm³/mol. The van der Waals surface area contributed by atoms with Gasteiger partial charge in [0.1, 0.15) is 5.82 Å². The van der Waals surface area contributed by atoms with E-state index in [0.717, 1.165) is 4.68 Å². The van der Waals surface area contributed by atoms with Crippen LogP contribution in [-0.2, 0) is 0 Å². The van der Waals surface area contributed by atoms with Crippen molar-refractivity contribution in [3.63, 3.8) is 0 Å². The van der Waals surface area contributed by atoms with Crippen LogP contribution in [0, 0.1) is 0 Å². The van der Waals surface area contributed by atoms with Gasteiger partial charge in [-0.05, 0) is 29.8 Å². The van der Waals surface area contributed by atoms with Gasteiger partial charge < -0.3 is 20.1 Å². The zero-order chi connectivity index (χ0) is 24.6. The summed E-state index contributed by atoms with van der Waals surface area (Å²) < 4.78 is 53.6. The molecule has 0 saturated heterocycles. The van der Waals surface area contributed by atoms with Gasteiger partial charge in [0.05, 0.1) is 36.5 Å². The number of fused-ring (bicyclic) bond motifs is 1. The van der Waals surface area contributed by atoms with Crippen molar-refractivity contribution in [2.75, 3.05) is 26.6 Å². The zero-order valence-electron chi connectivity index (χ0n) is 18.5.